The predicted octanol–water partition coefficient (Wildman–Crippen LogP) is -4.75. The molecule has 21 heteroatoms. The first-order chi connectivity index (χ1) is 17.2. The van der Waals surface area contributed by atoms with Crippen molar-refractivity contribution in [2.75, 3.05) is 19.8 Å². The molecular formula is C16H26N2O17P2. The number of H-pyrrole nitrogens is 1. The minimum Gasteiger partial charge on any atom is -0.394 e. The van der Waals surface area contributed by atoms with E-state index in [4.69, 9.17) is 14.6 Å². The zero-order chi connectivity index (χ0) is 27.7. The highest BCUT2D eigenvalue weighted by Gasteiger charge is 2.47. The SMILES string of the molecule is O=c1ccn([C@@H]2O[C@H](COP(=O)(O)OP(=O)(O)OC[C@H]3OC(CO)[C@H](O)C(O)C3O)C(O)C2O)c(=O)[nH]1. The Morgan fingerprint density at radius 2 is 1.35 bits per heavy atom. The number of aromatic amines is 1. The van der Waals surface area contributed by atoms with Gasteiger partial charge in [-0.3, -0.25) is 23.4 Å². The van der Waals surface area contributed by atoms with Crippen LogP contribution in [0.2, 0.25) is 0 Å². The number of nitrogens with zero attached hydrogens (tertiary/aromatic N) is 1. The van der Waals surface area contributed by atoms with Crippen LogP contribution in [-0.2, 0) is 32.0 Å². The van der Waals surface area contributed by atoms with Gasteiger partial charge in [0.2, 0.25) is 0 Å². The van der Waals surface area contributed by atoms with Crippen LogP contribution in [0.25, 0.3) is 0 Å². The minimum atomic E-state index is -5.41. The Balaban J connectivity index is 1.56. The molecule has 0 spiro atoms. The Kier molecular flexibility index (Phi) is 9.61. The van der Waals surface area contributed by atoms with Crippen molar-refractivity contribution in [1.82, 2.24) is 9.55 Å². The third-order valence-electron chi connectivity index (χ3n) is 5.46. The fraction of sp³-hybridized carbons (Fsp3) is 0.750. The largest absolute Gasteiger partial charge is 0.481 e. The number of phosphoric ester groups is 2. The van der Waals surface area contributed by atoms with Gasteiger partial charge in [-0.05, 0) is 0 Å². The molecule has 0 radical (unpaired) electrons. The molecule has 2 fully saturated rings. The second-order valence-corrected chi connectivity index (χ2v) is 11.1. The Bertz CT molecular complexity index is 1140. The van der Waals surface area contributed by atoms with Gasteiger partial charge in [-0.2, -0.15) is 4.31 Å². The molecule has 1 aromatic rings. The van der Waals surface area contributed by atoms with Gasteiger partial charge in [0.15, 0.2) is 6.23 Å². The fourth-order valence-corrected chi connectivity index (χ4v) is 5.64. The van der Waals surface area contributed by atoms with Crippen molar-refractivity contribution < 1.29 is 72.4 Å². The Morgan fingerprint density at radius 3 is 1.89 bits per heavy atom. The molecule has 11 atom stereocenters. The quantitative estimate of drug-likeness (QED) is 0.117. The summed E-state index contributed by atoms with van der Waals surface area (Å²) in [5.74, 6) is 0. The van der Waals surface area contributed by atoms with E-state index in [9.17, 15) is 54.0 Å². The van der Waals surface area contributed by atoms with Crippen molar-refractivity contribution in [1.29, 1.82) is 0 Å². The van der Waals surface area contributed by atoms with Gasteiger partial charge in [-0.15, -0.1) is 0 Å². The maximum absolute atomic E-state index is 12.1. The monoisotopic (exact) mass is 580 g/mol. The highest BCUT2D eigenvalue weighted by Crippen LogP contribution is 2.60. The number of hydrogen-bond acceptors (Lipinski definition) is 15. The predicted molar refractivity (Wildman–Crippen MR) is 114 cm³/mol. The molecule has 3 rings (SSSR count). The summed E-state index contributed by atoms with van der Waals surface area (Å²) in [7, 11) is -10.8. The molecule has 0 amide bonds. The van der Waals surface area contributed by atoms with Gasteiger partial charge in [0.25, 0.3) is 5.56 Å². The lowest BCUT2D eigenvalue weighted by atomic mass is 9.95. The maximum atomic E-state index is 12.1. The summed E-state index contributed by atoms with van der Waals surface area (Å²) in [6.07, 6.45) is -13.9. The zero-order valence-corrected chi connectivity index (χ0v) is 20.4. The summed E-state index contributed by atoms with van der Waals surface area (Å²) < 4.78 is 48.4. The molecule has 0 aliphatic carbocycles. The zero-order valence-electron chi connectivity index (χ0n) is 18.6. The molecule has 0 saturated carbocycles. The van der Waals surface area contributed by atoms with Crippen LogP contribution in [0.4, 0.5) is 0 Å². The van der Waals surface area contributed by atoms with E-state index in [0.717, 1.165) is 16.8 Å². The number of aromatic nitrogens is 2. The molecule has 2 saturated heterocycles. The lowest BCUT2D eigenvalue weighted by Crippen LogP contribution is -2.59. The summed E-state index contributed by atoms with van der Waals surface area (Å²) in [5, 5.41) is 58.8. The van der Waals surface area contributed by atoms with E-state index in [-0.39, 0.29) is 0 Å². The molecule has 19 nitrogen and oxygen atoms in total. The van der Waals surface area contributed by atoms with Crippen molar-refractivity contribution in [2.24, 2.45) is 0 Å². The fourth-order valence-electron chi connectivity index (χ4n) is 3.55. The molecule has 1 aromatic heterocycles. The van der Waals surface area contributed by atoms with Crippen LogP contribution in [0, 0.1) is 0 Å². The Morgan fingerprint density at radius 1 is 0.838 bits per heavy atom. The molecule has 37 heavy (non-hydrogen) atoms. The Labute approximate surface area is 206 Å². The van der Waals surface area contributed by atoms with Crippen molar-refractivity contribution in [3.05, 3.63) is 33.1 Å². The van der Waals surface area contributed by atoms with Crippen molar-refractivity contribution in [3.8, 4) is 0 Å². The van der Waals surface area contributed by atoms with Gasteiger partial charge < -0.3 is 49.9 Å². The highest BCUT2D eigenvalue weighted by atomic mass is 31.3. The molecule has 2 aliphatic rings. The smallest absolute Gasteiger partial charge is 0.394 e. The third kappa shape index (κ3) is 7.18. The molecule has 7 unspecified atom stereocenters. The summed E-state index contributed by atoms with van der Waals surface area (Å²) in [6, 6.07) is 0.937. The summed E-state index contributed by atoms with van der Waals surface area (Å²) in [4.78, 5) is 44.5. The topological polar surface area (TPSA) is 297 Å². The van der Waals surface area contributed by atoms with Crippen LogP contribution < -0.4 is 11.2 Å². The molecule has 9 N–H and O–H groups in total. The second kappa shape index (κ2) is 11.8. The molecule has 3 heterocycles. The molecule has 212 valence electrons. The van der Waals surface area contributed by atoms with Crippen molar-refractivity contribution >= 4 is 15.6 Å². The maximum Gasteiger partial charge on any atom is 0.481 e. The van der Waals surface area contributed by atoms with E-state index in [1.807, 2.05) is 4.98 Å². The molecule has 0 aromatic carbocycles. The highest BCUT2D eigenvalue weighted by molar-refractivity contribution is 7.61. The first-order valence-corrected chi connectivity index (χ1v) is 13.4. The van der Waals surface area contributed by atoms with Crippen molar-refractivity contribution in [2.45, 2.75) is 55.1 Å². The van der Waals surface area contributed by atoms with Gasteiger partial charge in [0, 0.05) is 12.3 Å². The van der Waals surface area contributed by atoms with Gasteiger partial charge in [0.05, 0.1) is 19.8 Å². The van der Waals surface area contributed by atoms with E-state index in [1.165, 1.54) is 0 Å². The van der Waals surface area contributed by atoms with E-state index in [0.29, 0.717) is 0 Å². The van der Waals surface area contributed by atoms with Crippen LogP contribution in [0.1, 0.15) is 6.23 Å². The van der Waals surface area contributed by atoms with Gasteiger partial charge in [-0.25, -0.2) is 13.9 Å². The Hall–Kier alpha value is -1.38. The van der Waals surface area contributed by atoms with E-state index >= 15 is 0 Å². The average Bonchev–Trinajstić information content (AvgIpc) is 3.09. The average molecular weight is 580 g/mol. The number of aliphatic hydroxyl groups excluding tert-OH is 6. The van der Waals surface area contributed by atoms with Crippen molar-refractivity contribution in [3.63, 3.8) is 0 Å². The van der Waals surface area contributed by atoms with E-state index < -0.39 is 102 Å². The number of rotatable bonds is 10. The summed E-state index contributed by atoms with van der Waals surface area (Å²) in [6.45, 7) is -2.77. The van der Waals surface area contributed by atoms with Crippen LogP contribution in [0.15, 0.2) is 21.9 Å². The normalized spacial score (nSPS) is 37.7. The lowest BCUT2D eigenvalue weighted by molar-refractivity contribution is -0.234. The van der Waals surface area contributed by atoms with Crippen LogP contribution in [-0.4, -0.2) is 119 Å². The number of ether oxygens (including phenoxy) is 2. The number of phosphoric acid groups is 2. The summed E-state index contributed by atoms with van der Waals surface area (Å²) in [5.41, 5.74) is -1.73. The third-order valence-corrected chi connectivity index (χ3v) is 8.07. The van der Waals surface area contributed by atoms with Crippen LogP contribution in [0.5, 0.6) is 0 Å². The number of aliphatic hydroxyl groups is 6. The lowest BCUT2D eigenvalue weighted by Gasteiger charge is -2.39. The van der Waals surface area contributed by atoms with Crippen LogP contribution in [0.3, 0.4) is 0 Å². The standard InChI is InChI=1S/C16H26N2O17P2/c19-3-6-10(21)13(24)11(22)7(33-6)4-31-36(27,28)35-37(29,30)32-5-8-12(23)14(25)15(34-8)18-2-1-9(20)17-16(18)26/h1-2,6-8,10-15,19,21-25H,3-5H2,(H,27,28)(H,29,30)(H,17,20,26)/t6?,7-,8-,10+,11?,12?,13?,14?,15-/m1/s1. The van der Waals surface area contributed by atoms with E-state index in [1.54, 1.807) is 0 Å². The van der Waals surface area contributed by atoms with Gasteiger partial charge in [-0.1, -0.05) is 0 Å². The number of nitrogens with one attached hydrogen (secondary N) is 1. The van der Waals surface area contributed by atoms with E-state index in [2.05, 4.69) is 13.4 Å². The van der Waals surface area contributed by atoms with Gasteiger partial charge in [0.1, 0.15) is 48.8 Å². The van der Waals surface area contributed by atoms with Crippen LogP contribution >= 0.6 is 15.6 Å². The first kappa shape index (κ1) is 30.2. The molecule has 2 aliphatic heterocycles. The molecular weight excluding hydrogens is 554 g/mol. The molecule has 0 bridgehead atoms. The first-order valence-electron chi connectivity index (χ1n) is 10.5. The van der Waals surface area contributed by atoms with Gasteiger partial charge >= 0.3 is 21.3 Å². The number of hydrogen-bond donors (Lipinski definition) is 9. The summed E-state index contributed by atoms with van der Waals surface area (Å²) >= 11 is 0. The second-order valence-electron chi connectivity index (χ2n) is 8.04. The minimum absolute atomic E-state index is 0.735.